The minimum absolute atomic E-state index is 0.0734. The van der Waals surface area contributed by atoms with Crippen LogP contribution in [-0.4, -0.2) is 29.2 Å². The summed E-state index contributed by atoms with van der Waals surface area (Å²) in [6.45, 7) is 13.7. The topological polar surface area (TPSA) is 61.5 Å². The average molecular weight is 461 g/mol. The largest absolute Gasteiger partial charge is 0.443 e. The fourth-order valence-electron chi connectivity index (χ4n) is 3.46. The van der Waals surface area contributed by atoms with Gasteiger partial charge in [-0.3, -0.25) is 0 Å². The van der Waals surface area contributed by atoms with Gasteiger partial charge in [0, 0.05) is 30.7 Å². The van der Waals surface area contributed by atoms with Gasteiger partial charge in [-0.15, -0.1) is 0 Å². The molecule has 0 saturated heterocycles. The van der Waals surface area contributed by atoms with Gasteiger partial charge in [0.1, 0.15) is 23.1 Å². The summed E-state index contributed by atoms with van der Waals surface area (Å²) >= 11 is 1.21. The second-order valence-electron chi connectivity index (χ2n) is 9.36. The third kappa shape index (κ3) is 5.80. The molecular formula is C27H32N4OS. The van der Waals surface area contributed by atoms with Crippen LogP contribution in [0.1, 0.15) is 56.4 Å². The Bertz CT molecular complexity index is 1180. The lowest BCUT2D eigenvalue weighted by molar-refractivity contribution is 0.491. The highest BCUT2D eigenvalue weighted by Crippen LogP contribution is 2.39. The summed E-state index contributed by atoms with van der Waals surface area (Å²) in [5.41, 5.74) is 6.23. The Morgan fingerprint density at radius 2 is 1.85 bits per heavy atom. The smallest absolute Gasteiger partial charge is 0.218 e. The monoisotopic (exact) mass is 460 g/mol. The van der Waals surface area contributed by atoms with E-state index in [1.165, 1.54) is 17.1 Å². The molecule has 2 aromatic carbocycles. The molecule has 172 valence electrons. The number of aliphatic imine (C=N–C) groups is 1. The number of benzene rings is 2. The van der Waals surface area contributed by atoms with Crippen LogP contribution in [0.15, 0.2) is 41.4 Å². The minimum atomic E-state index is 0.0734. The number of hydrogen-bond donors (Lipinski definition) is 0. The number of nitriles is 1. The number of rotatable bonds is 7. The quantitative estimate of drug-likeness (QED) is 0.272. The second-order valence-corrected chi connectivity index (χ2v) is 10.1. The summed E-state index contributed by atoms with van der Waals surface area (Å²) in [5, 5.41) is 10.4. The molecule has 6 heteroatoms. The molecule has 0 atom stereocenters. The molecule has 0 radical (unpaired) electrons. The number of hydrogen-bond acceptors (Lipinski definition) is 5. The van der Waals surface area contributed by atoms with Gasteiger partial charge in [-0.2, -0.15) is 9.64 Å². The molecule has 0 spiro atoms. The van der Waals surface area contributed by atoms with Gasteiger partial charge >= 0.3 is 0 Å². The molecule has 5 nitrogen and oxygen atoms in total. The molecule has 1 heterocycles. The average Bonchev–Trinajstić information content (AvgIpc) is 3.17. The lowest BCUT2D eigenvalue weighted by atomic mass is 9.86. The van der Waals surface area contributed by atoms with E-state index in [2.05, 4.69) is 60.2 Å². The third-order valence-electron chi connectivity index (χ3n) is 5.46. The fraction of sp³-hybridized carbons (Fsp3) is 0.370. The van der Waals surface area contributed by atoms with E-state index in [-0.39, 0.29) is 5.41 Å². The Balaban J connectivity index is 1.87. The van der Waals surface area contributed by atoms with E-state index >= 15 is 0 Å². The summed E-state index contributed by atoms with van der Waals surface area (Å²) < 4.78 is 10.7. The molecule has 0 aliphatic rings. The van der Waals surface area contributed by atoms with Gasteiger partial charge in [-0.1, -0.05) is 52.0 Å². The van der Waals surface area contributed by atoms with Crippen LogP contribution in [0.4, 0.5) is 5.69 Å². The van der Waals surface area contributed by atoms with Crippen LogP contribution in [-0.2, 0) is 5.41 Å². The van der Waals surface area contributed by atoms with Crippen molar-refractivity contribution in [2.24, 2.45) is 4.99 Å². The number of aryl methyl sites for hydroxylation is 2. The van der Waals surface area contributed by atoms with Crippen molar-refractivity contribution in [1.29, 1.82) is 5.26 Å². The second kappa shape index (κ2) is 10.2. The van der Waals surface area contributed by atoms with Crippen molar-refractivity contribution in [3.8, 4) is 28.1 Å². The molecule has 0 saturated carbocycles. The van der Waals surface area contributed by atoms with Gasteiger partial charge in [0.2, 0.25) is 5.06 Å². The number of nitrogens with zero attached hydrogens (tertiary/aromatic N) is 4. The lowest BCUT2D eigenvalue weighted by Crippen LogP contribution is -2.16. The highest BCUT2D eigenvalue weighted by atomic mass is 32.1. The van der Waals surface area contributed by atoms with Crippen LogP contribution in [0, 0.1) is 25.2 Å². The Kier molecular flexibility index (Phi) is 7.55. The van der Waals surface area contributed by atoms with Crippen LogP contribution >= 0.6 is 11.5 Å². The Hall–Kier alpha value is -3.17. The van der Waals surface area contributed by atoms with Gasteiger partial charge in [0.25, 0.3) is 0 Å². The molecule has 0 bridgehead atoms. The normalized spacial score (nSPS) is 11.6. The van der Waals surface area contributed by atoms with Gasteiger partial charge in [-0.25, -0.2) is 4.99 Å². The van der Waals surface area contributed by atoms with Crippen molar-refractivity contribution in [1.82, 2.24) is 9.27 Å². The first-order valence-corrected chi connectivity index (χ1v) is 12.0. The van der Waals surface area contributed by atoms with E-state index in [4.69, 9.17) is 4.74 Å². The molecule has 0 amide bonds. The van der Waals surface area contributed by atoms with E-state index in [1.54, 1.807) is 0 Å². The molecule has 3 aromatic rings. The van der Waals surface area contributed by atoms with Crippen LogP contribution in [0.25, 0.3) is 11.3 Å². The van der Waals surface area contributed by atoms with E-state index in [1.807, 2.05) is 51.5 Å². The molecule has 0 N–H and O–H groups in total. The molecule has 1 aromatic heterocycles. The Labute approximate surface area is 201 Å². The highest BCUT2D eigenvalue weighted by Gasteiger charge is 2.20. The lowest BCUT2D eigenvalue weighted by Gasteiger charge is -2.18. The van der Waals surface area contributed by atoms with Crippen molar-refractivity contribution in [2.45, 2.75) is 53.4 Å². The first-order chi connectivity index (χ1) is 15.6. The van der Waals surface area contributed by atoms with Crippen LogP contribution in [0.3, 0.4) is 0 Å². The molecule has 0 fully saturated rings. The SMILES string of the molecule is CCCN(C)/C=N\c1cc(C)c(Oc2snc(-c3ccc(C(C)(C)C)cc3)c2C#N)cc1C. The maximum Gasteiger partial charge on any atom is 0.218 e. The molecular weight excluding hydrogens is 428 g/mol. The highest BCUT2D eigenvalue weighted by molar-refractivity contribution is 7.08. The van der Waals surface area contributed by atoms with E-state index in [0.717, 1.165) is 35.3 Å². The fourth-order valence-corrected chi connectivity index (χ4v) is 4.19. The predicted octanol–water partition coefficient (Wildman–Crippen LogP) is 7.39. The standard InChI is InChI=1S/C27H32N4OS/c1-8-13-31(7)17-29-23-14-19(3)24(15-18(23)2)32-26-22(16-28)25(30-33-26)20-9-11-21(12-10-20)27(4,5)6/h9-12,14-15,17H,8,13H2,1-7H3/b29-17-. The molecule has 0 unspecified atom stereocenters. The first-order valence-electron chi connectivity index (χ1n) is 11.2. The Morgan fingerprint density at radius 1 is 1.15 bits per heavy atom. The van der Waals surface area contributed by atoms with Crippen molar-refractivity contribution in [2.75, 3.05) is 13.6 Å². The van der Waals surface area contributed by atoms with Crippen molar-refractivity contribution in [3.05, 3.63) is 58.7 Å². The van der Waals surface area contributed by atoms with Crippen molar-refractivity contribution >= 4 is 23.6 Å². The van der Waals surface area contributed by atoms with E-state index in [0.29, 0.717) is 22.1 Å². The molecule has 33 heavy (non-hydrogen) atoms. The minimum Gasteiger partial charge on any atom is -0.443 e. The maximum atomic E-state index is 9.86. The van der Waals surface area contributed by atoms with Gasteiger partial charge in [0.15, 0.2) is 0 Å². The summed E-state index contributed by atoms with van der Waals surface area (Å²) in [4.78, 5) is 6.69. The van der Waals surface area contributed by atoms with Crippen LogP contribution in [0.5, 0.6) is 10.8 Å². The van der Waals surface area contributed by atoms with Gasteiger partial charge < -0.3 is 9.64 Å². The zero-order valence-electron chi connectivity index (χ0n) is 20.6. The number of ether oxygens (including phenoxy) is 1. The maximum absolute atomic E-state index is 9.86. The van der Waals surface area contributed by atoms with Gasteiger partial charge in [-0.05, 0) is 54.5 Å². The van der Waals surface area contributed by atoms with E-state index in [9.17, 15) is 5.26 Å². The molecule has 0 aliphatic carbocycles. The van der Waals surface area contributed by atoms with Crippen LogP contribution < -0.4 is 4.74 Å². The first kappa shape index (κ1) is 24.5. The van der Waals surface area contributed by atoms with Gasteiger partial charge in [0.05, 0.1) is 12.0 Å². The van der Waals surface area contributed by atoms with Crippen LogP contribution in [0.2, 0.25) is 0 Å². The van der Waals surface area contributed by atoms with E-state index < -0.39 is 0 Å². The zero-order chi connectivity index (χ0) is 24.2. The Morgan fingerprint density at radius 3 is 2.45 bits per heavy atom. The predicted molar refractivity (Wildman–Crippen MR) is 138 cm³/mol. The van der Waals surface area contributed by atoms with Crippen molar-refractivity contribution < 1.29 is 4.74 Å². The zero-order valence-corrected chi connectivity index (χ0v) is 21.4. The summed E-state index contributed by atoms with van der Waals surface area (Å²) in [6, 6.07) is 14.5. The third-order valence-corrected chi connectivity index (χ3v) is 6.19. The molecule has 3 rings (SSSR count). The van der Waals surface area contributed by atoms with Crippen molar-refractivity contribution in [3.63, 3.8) is 0 Å². The number of aromatic nitrogens is 1. The summed E-state index contributed by atoms with van der Waals surface area (Å²) in [7, 11) is 2.02. The molecule has 0 aliphatic heterocycles. The summed E-state index contributed by atoms with van der Waals surface area (Å²) in [6.07, 6.45) is 2.94. The summed E-state index contributed by atoms with van der Waals surface area (Å²) in [5.74, 6) is 0.711.